The summed E-state index contributed by atoms with van der Waals surface area (Å²) < 4.78 is 0. The number of piperidine rings is 1. The maximum atomic E-state index is 5.35. The highest BCUT2D eigenvalue weighted by atomic mass is 32.1. The van der Waals surface area contributed by atoms with Crippen molar-refractivity contribution in [2.24, 2.45) is 0 Å². The zero-order valence-corrected chi connectivity index (χ0v) is 14.7. The Labute approximate surface area is 140 Å². The maximum Gasteiger partial charge on any atom is 0.170 e. The van der Waals surface area contributed by atoms with E-state index in [0.29, 0.717) is 0 Å². The summed E-state index contributed by atoms with van der Waals surface area (Å²) in [4.78, 5) is 2.65. The molecule has 0 spiro atoms. The van der Waals surface area contributed by atoms with Crippen molar-refractivity contribution in [1.82, 2.24) is 10.2 Å². The molecule has 0 aromatic heterocycles. The molecule has 122 valence electrons. The van der Waals surface area contributed by atoms with E-state index in [0.717, 1.165) is 29.8 Å². The van der Waals surface area contributed by atoms with Gasteiger partial charge in [0, 0.05) is 24.8 Å². The second kappa shape index (κ2) is 9.11. The molecular formula is C18H29N3S. The third-order valence-electron chi connectivity index (χ3n) is 4.44. The van der Waals surface area contributed by atoms with Crippen molar-refractivity contribution in [3.63, 3.8) is 0 Å². The van der Waals surface area contributed by atoms with E-state index in [1.807, 2.05) is 0 Å². The first kappa shape index (κ1) is 17.2. The highest BCUT2D eigenvalue weighted by Gasteiger charge is 2.19. The molecule has 3 nitrogen and oxygen atoms in total. The third-order valence-corrected chi connectivity index (χ3v) is 4.68. The fourth-order valence-corrected chi connectivity index (χ4v) is 3.33. The lowest BCUT2D eigenvalue weighted by Gasteiger charge is -2.35. The molecule has 2 rings (SSSR count). The Hall–Kier alpha value is -1.13. The van der Waals surface area contributed by atoms with Crippen LogP contribution in [-0.4, -0.2) is 35.7 Å². The molecule has 22 heavy (non-hydrogen) atoms. The number of thiocarbonyl (C=S) groups is 1. The smallest absolute Gasteiger partial charge is 0.170 e. The summed E-state index contributed by atoms with van der Waals surface area (Å²) in [5.74, 6) is 0. The normalized spacial score (nSPS) is 18.9. The fourth-order valence-electron chi connectivity index (χ4n) is 3.11. The van der Waals surface area contributed by atoms with E-state index >= 15 is 0 Å². The summed E-state index contributed by atoms with van der Waals surface area (Å²) in [7, 11) is 0. The number of rotatable bonds is 6. The van der Waals surface area contributed by atoms with Crippen molar-refractivity contribution in [1.29, 1.82) is 0 Å². The van der Waals surface area contributed by atoms with Crippen LogP contribution in [0.15, 0.2) is 24.3 Å². The molecule has 0 saturated carbocycles. The first-order valence-corrected chi connectivity index (χ1v) is 8.95. The van der Waals surface area contributed by atoms with Gasteiger partial charge in [0.05, 0.1) is 0 Å². The molecule has 1 saturated heterocycles. The number of hydrogen-bond donors (Lipinski definition) is 2. The molecule has 0 amide bonds. The second-order valence-corrected chi connectivity index (χ2v) is 6.60. The van der Waals surface area contributed by atoms with Gasteiger partial charge in [-0.05, 0) is 63.5 Å². The van der Waals surface area contributed by atoms with Gasteiger partial charge in [-0.1, -0.05) is 31.0 Å². The molecule has 1 aliphatic rings. The monoisotopic (exact) mass is 319 g/mol. The van der Waals surface area contributed by atoms with Crippen LogP contribution >= 0.6 is 12.2 Å². The minimum Gasteiger partial charge on any atom is -0.362 e. The molecule has 1 fully saturated rings. The van der Waals surface area contributed by atoms with E-state index in [9.17, 15) is 0 Å². The van der Waals surface area contributed by atoms with Gasteiger partial charge in [-0.2, -0.15) is 0 Å². The van der Waals surface area contributed by atoms with Crippen molar-refractivity contribution in [3.8, 4) is 0 Å². The van der Waals surface area contributed by atoms with Gasteiger partial charge in [0.2, 0.25) is 0 Å². The minimum absolute atomic E-state index is 0.717. The van der Waals surface area contributed by atoms with E-state index in [1.54, 1.807) is 0 Å². The van der Waals surface area contributed by atoms with Gasteiger partial charge in [-0.25, -0.2) is 0 Å². The van der Waals surface area contributed by atoms with Gasteiger partial charge >= 0.3 is 0 Å². The molecule has 1 heterocycles. The first-order valence-electron chi connectivity index (χ1n) is 8.54. The molecule has 0 unspecified atom stereocenters. The Morgan fingerprint density at radius 3 is 2.77 bits per heavy atom. The molecule has 1 aromatic rings. The molecule has 1 atom stereocenters. The molecular weight excluding hydrogens is 290 g/mol. The van der Waals surface area contributed by atoms with Gasteiger partial charge in [0.25, 0.3) is 0 Å². The van der Waals surface area contributed by atoms with Crippen molar-refractivity contribution in [2.45, 2.75) is 52.0 Å². The van der Waals surface area contributed by atoms with Crippen molar-refractivity contribution in [2.75, 3.05) is 25.0 Å². The SMILES string of the molecule is CC[C@H]1CCCCN1CCCNC(=S)Nc1ccc(C)cc1. The van der Waals surface area contributed by atoms with Crippen LogP contribution in [0.25, 0.3) is 0 Å². The number of nitrogens with zero attached hydrogens (tertiary/aromatic N) is 1. The van der Waals surface area contributed by atoms with E-state index in [1.165, 1.54) is 44.3 Å². The summed E-state index contributed by atoms with van der Waals surface area (Å²) in [6.07, 6.45) is 6.56. The predicted molar refractivity (Wildman–Crippen MR) is 99.5 cm³/mol. The highest BCUT2D eigenvalue weighted by molar-refractivity contribution is 7.80. The molecule has 0 radical (unpaired) electrons. The molecule has 0 aliphatic carbocycles. The number of nitrogens with one attached hydrogen (secondary N) is 2. The van der Waals surface area contributed by atoms with Crippen LogP contribution < -0.4 is 10.6 Å². The average Bonchev–Trinajstić information content (AvgIpc) is 2.54. The van der Waals surface area contributed by atoms with E-state index < -0.39 is 0 Å². The minimum atomic E-state index is 0.717. The lowest BCUT2D eigenvalue weighted by Crippen LogP contribution is -2.40. The van der Waals surface area contributed by atoms with Gasteiger partial charge < -0.3 is 15.5 Å². The van der Waals surface area contributed by atoms with Crippen molar-refractivity contribution >= 4 is 23.0 Å². The Morgan fingerprint density at radius 1 is 1.27 bits per heavy atom. The van der Waals surface area contributed by atoms with Crippen LogP contribution in [0.5, 0.6) is 0 Å². The molecule has 0 bridgehead atoms. The lowest BCUT2D eigenvalue weighted by atomic mass is 10.00. The van der Waals surface area contributed by atoms with Crippen LogP contribution in [-0.2, 0) is 0 Å². The van der Waals surface area contributed by atoms with Crippen LogP contribution in [0, 0.1) is 6.92 Å². The van der Waals surface area contributed by atoms with E-state index in [4.69, 9.17) is 12.2 Å². The zero-order chi connectivity index (χ0) is 15.8. The van der Waals surface area contributed by atoms with Crippen LogP contribution in [0.3, 0.4) is 0 Å². The lowest BCUT2D eigenvalue weighted by molar-refractivity contribution is 0.143. The van der Waals surface area contributed by atoms with Crippen LogP contribution in [0.4, 0.5) is 5.69 Å². The molecule has 4 heteroatoms. The topological polar surface area (TPSA) is 27.3 Å². The Bertz CT molecular complexity index is 458. The predicted octanol–water partition coefficient (Wildman–Crippen LogP) is 3.94. The van der Waals surface area contributed by atoms with Gasteiger partial charge in [0.1, 0.15) is 0 Å². The number of hydrogen-bond acceptors (Lipinski definition) is 2. The van der Waals surface area contributed by atoms with E-state index in [2.05, 4.69) is 53.6 Å². The Morgan fingerprint density at radius 2 is 2.05 bits per heavy atom. The Kier molecular flexibility index (Phi) is 7.13. The molecule has 2 N–H and O–H groups in total. The van der Waals surface area contributed by atoms with Crippen LogP contribution in [0.1, 0.15) is 44.6 Å². The fraction of sp³-hybridized carbons (Fsp3) is 0.611. The summed E-state index contributed by atoms with van der Waals surface area (Å²) in [5, 5.41) is 7.26. The quantitative estimate of drug-likeness (QED) is 0.613. The molecule has 1 aliphatic heterocycles. The van der Waals surface area contributed by atoms with Gasteiger partial charge in [0.15, 0.2) is 5.11 Å². The van der Waals surface area contributed by atoms with Crippen molar-refractivity contribution in [3.05, 3.63) is 29.8 Å². The summed E-state index contributed by atoms with van der Waals surface area (Å²) >= 11 is 5.35. The number of benzene rings is 1. The molecule has 1 aromatic carbocycles. The first-order chi connectivity index (χ1) is 10.7. The standard InChI is InChI=1S/C18H29N3S/c1-3-17-7-4-5-13-21(17)14-6-12-19-18(22)20-16-10-8-15(2)9-11-16/h8-11,17H,3-7,12-14H2,1-2H3,(H2,19,20,22)/t17-/m0/s1. The van der Waals surface area contributed by atoms with E-state index in [-0.39, 0.29) is 0 Å². The average molecular weight is 320 g/mol. The summed E-state index contributed by atoms with van der Waals surface area (Å²) in [6, 6.07) is 9.09. The zero-order valence-electron chi connectivity index (χ0n) is 13.9. The third kappa shape index (κ3) is 5.58. The summed E-state index contributed by atoms with van der Waals surface area (Å²) in [5.41, 5.74) is 2.31. The van der Waals surface area contributed by atoms with Gasteiger partial charge in [-0.3, -0.25) is 0 Å². The van der Waals surface area contributed by atoms with Crippen molar-refractivity contribution < 1.29 is 0 Å². The number of likely N-dealkylation sites (tertiary alicyclic amines) is 1. The summed E-state index contributed by atoms with van der Waals surface area (Å²) in [6.45, 7) is 7.78. The number of aryl methyl sites for hydroxylation is 1. The van der Waals surface area contributed by atoms with Gasteiger partial charge in [-0.15, -0.1) is 0 Å². The largest absolute Gasteiger partial charge is 0.362 e. The maximum absolute atomic E-state index is 5.35. The second-order valence-electron chi connectivity index (χ2n) is 6.19. The number of anilines is 1. The Balaban J connectivity index is 1.63. The highest BCUT2D eigenvalue weighted by Crippen LogP contribution is 2.19. The van der Waals surface area contributed by atoms with Crippen LogP contribution in [0.2, 0.25) is 0 Å².